The molecule has 0 radical (unpaired) electrons. The van der Waals surface area contributed by atoms with Crippen LogP contribution in [0.4, 0.5) is 4.79 Å². The Labute approximate surface area is 310 Å². The number of carbonyl (C=O) groups is 4. The average molecular weight is 752 g/mol. The Morgan fingerprint density at radius 1 is 1.13 bits per heavy atom. The Morgan fingerprint density at radius 2 is 1.81 bits per heavy atom. The third kappa shape index (κ3) is 10.1. The summed E-state index contributed by atoms with van der Waals surface area (Å²) in [5, 5.41) is 49.5. The smallest absolute Gasteiger partial charge is 0.410 e. The molecule has 0 bridgehead atoms. The van der Waals surface area contributed by atoms with Crippen molar-refractivity contribution in [2.45, 2.75) is 108 Å². The first-order chi connectivity index (χ1) is 24.8. The summed E-state index contributed by atoms with van der Waals surface area (Å²) >= 11 is 0. The number of carbonyl (C=O) groups excluding carboxylic acids is 3. The highest BCUT2D eigenvalue weighted by atomic mass is 16.6. The topological polar surface area (TPSA) is 243 Å². The van der Waals surface area contributed by atoms with Crippen molar-refractivity contribution in [1.29, 1.82) is 0 Å². The Morgan fingerprint density at radius 3 is 2.42 bits per heavy atom. The zero-order chi connectivity index (χ0) is 39.3. The number of benzene rings is 1. The lowest BCUT2D eigenvalue weighted by Gasteiger charge is -2.49. The van der Waals surface area contributed by atoms with Gasteiger partial charge in [-0.15, -0.1) is 0 Å². The van der Waals surface area contributed by atoms with Crippen LogP contribution in [0.5, 0.6) is 5.75 Å². The number of nitrogens with zero attached hydrogens (tertiary/aromatic N) is 2. The first-order valence-electron chi connectivity index (χ1n) is 18.1. The normalized spacial score (nSPS) is 27.6. The number of carboxylic acid groups (broad SMARTS) is 1. The highest BCUT2D eigenvalue weighted by Crippen LogP contribution is 2.38. The van der Waals surface area contributed by atoms with Gasteiger partial charge in [0.1, 0.15) is 30.2 Å². The molecule has 17 nitrogen and oxygen atoms in total. The number of rotatable bonds is 13. The molecule has 7 atom stereocenters. The monoisotopic (exact) mass is 751 g/mol. The molecule has 53 heavy (non-hydrogen) atoms. The summed E-state index contributed by atoms with van der Waals surface area (Å²) in [5.41, 5.74) is 3.91. The van der Waals surface area contributed by atoms with Gasteiger partial charge in [0.2, 0.25) is 5.91 Å². The Balaban J connectivity index is 1.49. The van der Waals surface area contributed by atoms with E-state index in [1.54, 1.807) is 51.7 Å². The van der Waals surface area contributed by atoms with Gasteiger partial charge in [-0.2, -0.15) is 0 Å². The van der Waals surface area contributed by atoms with E-state index < -0.39 is 84.0 Å². The Bertz CT molecular complexity index is 1470. The standard InChI is InChI=1S/C36H57N5O12/c1-21-15-24(16-22(2)29(21)51-13-9-37)31(46)38-18-26(44)28(45)30-27(39-23(3)42)25(43)17-36(52-30,32(47)48)8-11-41-12-14-50-20-35(41)7-10-40(19-35)33(49)53-34(4,5)6/h15-16,25-28,30,43-45H,7-14,17-20,37H2,1-6H3,(H,38,46)(H,39,42)(H,47,48)/t25-,26+,27+,28+,30+,35-,36+/m0/s1. The van der Waals surface area contributed by atoms with Crippen LogP contribution in [-0.4, -0.2) is 160 Å². The van der Waals surface area contributed by atoms with Gasteiger partial charge in [-0.3, -0.25) is 14.5 Å². The van der Waals surface area contributed by atoms with Crippen molar-refractivity contribution in [3.05, 3.63) is 28.8 Å². The number of ether oxygens (including phenoxy) is 4. The van der Waals surface area contributed by atoms with Crippen molar-refractivity contribution in [2.75, 3.05) is 59.1 Å². The second-order valence-electron chi connectivity index (χ2n) is 15.4. The minimum absolute atomic E-state index is 0.139. The lowest BCUT2D eigenvalue weighted by Crippen LogP contribution is -2.68. The van der Waals surface area contributed by atoms with Crippen molar-refractivity contribution >= 4 is 23.9 Å². The van der Waals surface area contributed by atoms with Gasteiger partial charge in [0.15, 0.2) is 5.60 Å². The third-order valence-corrected chi connectivity index (χ3v) is 10.0. The van der Waals surface area contributed by atoms with Crippen LogP contribution in [0.15, 0.2) is 12.1 Å². The maximum atomic E-state index is 13.1. The van der Waals surface area contributed by atoms with Gasteiger partial charge in [0, 0.05) is 64.6 Å². The summed E-state index contributed by atoms with van der Waals surface area (Å²) in [4.78, 5) is 54.8. The van der Waals surface area contributed by atoms with Crippen LogP contribution in [0.2, 0.25) is 0 Å². The molecule has 8 N–H and O–H groups in total. The quantitative estimate of drug-likeness (QED) is 0.137. The van der Waals surface area contributed by atoms with Gasteiger partial charge in [0.25, 0.3) is 5.91 Å². The van der Waals surface area contributed by atoms with Gasteiger partial charge in [-0.1, -0.05) is 0 Å². The predicted octanol–water partition coefficient (Wildman–Crippen LogP) is -0.328. The van der Waals surface area contributed by atoms with E-state index in [2.05, 4.69) is 15.5 Å². The maximum absolute atomic E-state index is 13.1. The summed E-state index contributed by atoms with van der Waals surface area (Å²) in [5.74, 6) is -1.91. The van der Waals surface area contributed by atoms with Crippen LogP contribution in [-0.2, 0) is 23.8 Å². The second kappa shape index (κ2) is 17.3. The first-order valence-corrected chi connectivity index (χ1v) is 18.1. The van der Waals surface area contributed by atoms with E-state index in [4.69, 9.17) is 24.7 Å². The molecule has 1 aromatic rings. The molecule has 3 aliphatic rings. The molecular weight excluding hydrogens is 694 g/mol. The summed E-state index contributed by atoms with van der Waals surface area (Å²) in [6.45, 7) is 12.3. The lowest BCUT2D eigenvalue weighted by atomic mass is 9.81. The van der Waals surface area contributed by atoms with Crippen molar-refractivity contribution < 1.29 is 58.6 Å². The number of nitrogens with one attached hydrogen (secondary N) is 2. The lowest BCUT2D eigenvalue weighted by molar-refractivity contribution is -0.231. The number of likely N-dealkylation sites (tertiary alicyclic amines) is 1. The van der Waals surface area contributed by atoms with E-state index >= 15 is 0 Å². The summed E-state index contributed by atoms with van der Waals surface area (Å²) in [6, 6.07) is 1.95. The minimum Gasteiger partial charge on any atom is -0.492 e. The Kier molecular flexibility index (Phi) is 13.7. The van der Waals surface area contributed by atoms with Crippen molar-refractivity contribution in [3.8, 4) is 5.75 Å². The minimum atomic E-state index is -2.03. The van der Waals surface area contributed by atoms with Crippen LogP contribution in [0, 0.1) is 13.8 Å². The van der Waals surface area contributed by atoms with Gasteiger partial charge in [-0.05, 0) is 64.3 Å². The molecule has 17 heteroatoms. The zero-order valence-electron chi connectivity index (χ0n) is 31.6. The van der Waals surface area contributed by atoms with Crippen molar-refractivity contribution in [2.24, 2.45) is 5.73 Å². The Hall–Kier alpha value is -3.58. The number of hydrogen-bond donors (Lipinski definition) is 7. The molecule has 3 saturated heterocycles. The van der Waals surface area contributed by atoms with Crippen LogP contribution < -0.4 is 21.1 Å². The molecule has 0 unspecified atom stereocenters. The fraction of sp³-hybridized carbons (Fsp3) is 0.722. The van der Waals surface area contributed by atoms with Crippen LogP contribution in [0.1, 0.15) is 68.4 Å². The van der Waals surface area contributed by atoms with Crippen LogP contribution in [0.25, 0.3) is 0 Å². The number of nitrogens with two attached hydrogens (primary N) is 1. The molecule has 0 saturated carbocycles. The van der Waals surface area contributed by atoms with Crippen LogP contribution in [0.3, 0.4) is 0 Å². The number of aryl methyl sites for hydroxylation is 2. The number of carboxylic acids is 1. The summed E-state index contributed by atoms with van der Waals surface area (Å²) < 4.78 is 23.2. The number of aliphatic hydroxyl groups is 3. The number of amides is 3. The number of morpholine rings is 1. The third-order valence-electron chi connectivity index (χ3n) is 10.0. The van der Waals surface area contributed by atoms with Gasteiger partial charge >= 0.3 is 12.1 Å². The van der Waals surface area contributed by atoms with Gasteiger partial charge in [-0.25, -0.2) is 9.59 Å². The van der Waals surface area contributed by atoms with Gasteiger partial charge in [0.05, 0.1) is 37.0 Å². The van der Waals surface area contributed by atoms with Crippen molar-refractivity contribution in [3.63, 3.8) is 0 Å². The number of aliphatic carboxylic acids is 1. The van der Waals surface area contributed by atoms with E-state index in [1.807, 2.05) is 0 Å². The molecule has 4 rings (SSSR count). The van der Waals surface area contributed by atoms with E-state index in [0.29, 0.717) is 69.3 Å². The summed E-state index contributed by atoms with van der Waals surface area (Å²) in [7, 11) is 0. The largest absolute Gasteiger partial charge is 0.492 e. The molecule has 1 aromatic carbocycles. The number of aliphatic hydroxyl groups excluding tert-OH is 3. The summed E-state index contributed by atoms with van der Waals surface area (Å²) in [6.07, 6.45) is -7.05. The molecule has 1 spiro atoms. The highest BCUT2D eigenvalue weighted by molar-refractivity contribution is 5.95. The molecule has 3 fully saturated rings. The molecule has 0 aromatic heterocycles. The molecular formula is C36H57N5O12. The second-order valence-corrected chi connectivity index (χ2v) is 15.4. The van der Waals surface area contributed by atoms with E-state index in [9.17, 15) is 39.6 Å². The fourth-order valence-electron chi connectivity index (χ4n) is 7.42. The zero-order valence-corrected chi connectivity index (χ0v) is 31.6. The molecule has 3 heterocycles. The average Bonchev–Trinajstić information content (AvgIpc) is 3.50. The predicted molar refractivity (Wildman–Crippen MR) is 190 cm³/mol. The fourth-order valence-corrected chi connectivity index (χ4v) is 7.42. The highest BCUT2D eigenvalue weighted by Gasteiger charge is 2.55. The van der Waals surface area contributed by atoms with E-state index in [-0.39, 0.29) is 18.5 Å². The van der Waals surface area contributed by atoms with E-state index in [1.165, 1.54) is 6.92 Å². The molecule has 3 aliphatic heterocycles. The maximum Gasteiger partial charge on any atom is 0.410 e. The molecule has 298 valence electrons. The van der Waals surface area contributed by atoms with Crippen molar-refractivity contribution in [1.82, 2.24) is 20.4 Å². The van der Waals surface area contributed by atoms with Gasteiger partial charge < -0.3 is 60.6 Å². The number of hydrogen-bond acceptors (Lipinski definition) is 13. The van der Waals surface area contributed by atoms with Crippen LogP contribution >= 0.6 is 0 Å². The first kappa shape index (κ1) is 42.2. The van der Waals surface area contributed by atoms with E-state index in [0.717, 1.165) is 0 Å². The SMILES string of the molecule is CC(=O)N[C@H]1[C@H]([C@H](O)[C@H](O)CNC(=O)c2cc(C)c(OCCN)c(C)c2)O[C@@](CCN2CCOC[C@@]23CCN(C(=O)OC(C)(C)C)C3)(C(=O)O)C[C@@H]1O. The molecule has 0 aliphatic carbocycles. The molecule has 3 amide bonds.